The van der Waals surface area contributed by atoms with Crippen LogP contribution in [0.4, 0.5) is 0 Å². The van der Waals surface area contributed by atoms with E-state index in [-0.39, 0.29) is 17.9 Å². The highest BCUT2D eigenvalue weighted by Crippen LogP contribution is 2.30. The molecule has 1 fully saturated rings. The number of rotatable bonds is 1. The summed E-state index contributed by atoms with van der Waals surface area (Å²) in [6.45, 7) is 5.76. The minimum atomic E-state index is -0.804. The fourth-order valence-corrected chi connectivity index (χ4v) is 1.76. The average molecular weight is 174 g/mol. The van der Waals surface area contributed by atoms with Crippen molar-refractivity contribution in [2.75, 3.05) is 0 Å². The Bertz CT molecular complexity index is 144. The molecule has 0 aromatic heterocycles. The Hall–Kier alpha value is -0.120. The van der Waals surface area contributed by atoms with E-state index >= 15 is 0 Å². The first kappa shape index (κ1) is 9.96. The van der Waals surface area contributed by atoms with Crippen LogP contribution in [-0.2, 0) is 4.74 Å². The van der Waals surface area contributed by atoms with E-state index in [1.54, 1.807) is 6.92 Å². The molecule has 1 unspecified atom stereocenters. The van der Waals surface area contributed by atoms with Gasteiger partial charge in [0.25, 0.3) is 0 Å². The molecule has 1 saturated heterocycles. The predicted octanol–water partition coefficient (Wildman–Crippen LogP) is 0.747. The summed E-state index contributed by atoms with van der Waals surface area (Å²) in [4.78, 5) is 0. The monoisotopic (exact) mass is 174 g/mol. The zero-order chi connectivity index (χ0) is 9.30. The van der Waals surface area contributed by atoms with Crippen LogP contribution in [0.2, 0.25) is 0 Å². The molecular formula is C9H18O3. The van der Waals surface area contributed by atoms with E-state index in [9.17, 15) is 10.2 Å². The lowest BCUT2D eigenvalue weighted by Crippen LogP contribution is -2.48. The maximum Gasteiger partial charge on any atom is 0.159 e. The maximum atomic E-state index is 9.68. The summed E-state index contributed by atoms with van der Waals surface area (Å²) in [6.07, 6.45) is -0.423. The van der Waals surface area contributed by atoms with Gasteiger partial charge in [-0.15, -0.1) is 0 Å². The molecule has 0 aromatic rings. The Morgan fingerprint density at radius 2 is 1.75 bits per heavy atom. The molecule has 0 bridgehead atoms. The quantitative estimate of drug-likeness (QED) is 0.616. The number of ether oxygens (including phenoxy) is 1. The van der Waals surface area contributed by atoms with Gasteiger partial charge in [-0.2, -0.15) is 0 Å². The highest BCUT2D eigenvalue weighted by molar-refractivity contribution is 4.83. The van der Waals surface area contributed by atoms with Gasteiger partial charge < -0.3 is 14.9 Å². The Labute approximate surface area is 73.4 Å². The largest absolute Gasteiger partial charge is 0.392 e. The SMILES string of the molecule is CC[C@H]1OC(O)[C@H](C)[C@@H](O)[C@H]1C. The van der Waals surface area contributed by atoms with Crippen LogP contribution < -0.4 is 0 Å². The standard InChI is InChI=1S/C9H18O3/c1-4-7-5(2)8(10)6(3)9(11)12-7/h5-11H,4H2,1-3H3/t5-,6+,7+,8-,9?/m0/s1. The first-order valence-corrected chi connectivity index (χ1v) is 4.59. The van der Waals surface area contributed by atoms with Gasteiger partial charge in [-0.05, 0) is 6.42 Å². The highest BCUT2D eigenvalue weighted by atomic mass is 16.6. The minimum Gasteiger partial charge on any atom is -0.392 e. The van der Waals surface area contributed by atoms with Gasteiger partial charge >= 0.3 is 0 Å². The maximum absolute atomic E-state index is 9.68. The number of aliphatic hydroxyl groups is 2. The summed E-state index contributed by atoms with van der Waals surface area (Å²) in [5.41, 5.74) is 0. The van der Waals surface area contributed by atoms with Crippen molar-refractivity contribution in [3.8, 4) is 0 Å². The van der Waals surface area contributed by atoms with Gasteiger partial charge in [-0.3, -0.25) is 0 Å². The summed E-state index contributed by atoms with van der Waals surface area (Å²) in [6, 6.07) is 0. The van der Waals surface area contributed by atoms with Crippen LogP contribution in [-0.4, -0.2) is 28.7 Å². The van der Waals surface area contributed by atoms with Gasteiger partial charge in [-0.25, -0.2) is 0 Å². The van der Waals surface area contributed by atoms with E-state index in [2.05, 4.69) is 0 Å². The first-order valence-electron chi connectivity index (χ1n) is 4.59. The van der Waals surface area contributed by atoms with E-state index in [1.807, 2.05) is 13.8 Å². The number of hydrogen-bond donors (Lipinski definition) is 2. The second-order valence-corrected chi connectivity index (χ2v) is 3.68. The topological polar surface area (TPSA) is 49.7 Å². The van der Waals surface area contributed by atoms with Crippen molar-refractivity contribution >= 4 is 0 Å². The lowest BCUT2D eigenvalue weighted by atomic mass is 9.85. The van der Waals surface area contributed by atoms with E-state index in [0.717, 1.165) is 6.42 Å². The van der Waals surface area contributed by atoms with Crippen molar-refractivity contribution < 1.29 is 14.9 Å². The molecule has 3 nitrogen and oxygen atoms in total. The lowest BCUT2D eigenvalue weighted by Gasteiger charge is -2.40. The fraction of sp³-hybridized carbons (Fsp3) is 1.00. The third-order valence-corrected chi connectivity index (χ3v) is 2.83. The van der Waals surface area contributed by atoms with Crippen LogP contribution in [0.1, 0.15) is 27.2 Å². The smallest absolute Gasteiger partial charge is 0.159 e. The van der Waals surface area contributed by atoms with Crippen molar-refractivity contribution in [3.63, 3.8) is 0 Å². The van der Waals surface area contributed by atoms with Crippen molar-refractivity contribution in [3.05, 3.63) is 0 Å². The zero-order valence-corrected chi connectivity index (χ0v) is 7.90. The van der Waals surface area contributed by atoms with E-state index in [1.165, 1.54) is 0 Å². The normalized spacial score (nSPS) is 49.2. The summed E-state index contributed by atoms with van der Waals surface area (Å²) < 4.78 is 5.33. The first-order chi connectivity index (χ1) is 5.57. The summed E-state index contributed by atoms with van der Waals surface area (Å²) in [5.74, 6) is -0.0591. The molecule has 5 atom stereocenters. The fourth-order valence-electron chi connectivity index (χ4n) is 1.76. The van der Waals surface area contributed by atoms with Crippen LogP contribution in [0, 0.1) is 11.8 Å². The third kappa shape index (κ3) is 1.63. The minimum absolute atomic E-state index is 0.00815. The van der Waals surface area contributed by atoms with Crippen LogP contribution in [0.25, 0.3) is 0 Å². The Balaban J connectivity index is 2.63. The Kier molecular flexibility index (Phi) is 3.09. The van der Waals surface area contributed by atoms with Crippen LogP contribution >= 0.6 is 0 Å². The van der Waals surface area contributed by atoms with Crippen LogP contribution in [0.15, 0.2) is 0 Å². The molecule has 1 aliphatic rings. The van der Waals surface area contributed by atoms with E-state index in [0.29, 0.717) is 0 Å². The number of aliphatic hydroxyl groups excluding tert-OH is 2. The van der Waals surface area contributed by atoms with Gasteiger partial charge in [0, 0.05) is 11.8 Å². The van der Waals surface area contributed by atoms with Crippen molar-refractivity contribution in [2.24, 2.45) is 11.8 Å². The summed E-state index contributed by atoms with van der Waals surface area (Å²) in [5, 5.41) is 19.1. The van der Waals surface area contributed by atoms with Gasteiger partial charge in [0.05, 0.1) is 12.2 Å². The molecule has 0 spiro atoms. The predicted molar refractivity (Wildman–Crippen MR) is 45.5 cm³/mol. The molecule has 3 heteroatoms. The molecule has 72 valence electrons. The zero-order valence-electron chi connectivity index (χ0n) is 7.90. The molecule has 0 saturated carbocycles. The third-order valence-electron chi connectivity index (χ3n) is 2.83. The molecule has 0 radical (unpaired) electrons. The number of hydrogen-bond acceptors (Lipinski definition) is 3. The molecular weight excluding hydrogens is 156 g/mol. The molecule has 1 aliphatic heterocycles. The van der Waals surface area contributed by atoms with Crippen molar-refractivity contribution in [1.82, 2.24) is 0 Å². The van der Waals surface area contributed by atoms with Gasteiger partial charge in [0.1, 0.15) is 0 Å². The Morgan fingerprint density at radius 3 is 2.25 bits per heavy atom. The van der Waals surface area contributed by atoms with Gasteiger partial charge in [0.15, 0.2) is 6.29 Å². The van der Waals surface area contributed by atoms with Crippen LogP contribution in [0.3, 0.4) is 0 Å². The van der Waals surface area contributed by atoms with Gasteiger partial charge in [0.2, 0.25) is 0 Å². The summed E-state index contributed by atoms with van der Waals surface area (Å²) in [7, 11) is 0. The average Bonchev–Trinajstić information content (AvgIpc) is 2.08. The highest BCUT2D eigenvalue weighted by Gasteiger charge is 2.38. The lowest BCUT2D eigenvalue weighted by molar-refractivity contribution is -0.241. The van der Waals surface area contributed by atoms with E-state index in [4.69, 9.17) is 4.74 Å². The molecule has 0 aromatic carbocycles. The molecule has 2 N–H and O–H groups in total. The van der Waals surface area contributed by atoms with Gasteiger partial charge in [-0.1, -0.05) is 20.8 Å². The molecule has 1 rings (SSSR count). The van der Waals surface area contributed by atoms with Crippen molar-refractivity contribution in [2.45, 2.75) is 45.7 Å². The van der Waals surface area contributed by atoms with E-state index < -0.39 is 12.4 Å². The Morgan fingerprint density at radius 1 is 1.17 bits per heavy atom. The molecule has 0 aliphatic carbocycles. The second kappa shape index (κ2) is 3.73. The second-order valence-electron chi connectivity index (χ2n) is 3.68. The molecule has 12 heavy (non-hydrogen) atoms. The van der Waals surface area contributed by atoms with Crippen LogP contribution in [0.5, 0.6) is 0 Å². The summed E-state index contributed by atoms with van der Waals surface area (Å²) >= 11 is 0. The molecule has 1 heterocycles. The molecule has 0 amide bonds. The van der Waals surface area contributed by atoms with Crippen molar-refractivity contribution in [1.29, 1.82) is 0 Å².